The van der Waals surface area contributed by atoms with E-state index in [-0.39, 0.29) is 23.1 Å². The Morgan fingerprint density at radius 1 is 1.53 bits per heavy atom. The van der Waals surface area contributed by atoms with Gasteiger partial charge in [0.15, 0.2) is 9.84 Å². The number of hydrogen-bond donors (Lipinski definition) is 1. The van der Waals surface area contributed by atoms with E-state index in [4.69, 9.17) is 0 Å². The lowest BCUT2D eigenvalue weighted by atomic mass is 10.2. The second-order valence-electron chi connectivity index (χ2n) is 4.23. The van der Waals surface area contributed by atoms with Crippen LogP contribution in [0.5, 0.6) is 0 Å². The van der Waals surface area contributed by atoms with Gasteiger partial charge in [-0.05, 0) is 19.8 Å². The van der Waals surface area contributed by atoms with Gasteiger partial charge in [0.1, 0.15) is 0 Å². The van der Waals surface area contributed by atoms with Crippen LogP contribution in [0.15, 0.2) is 0 Å². The lowest BCUT2D eigenvalue weighted by Gasteiger charge is -2.23. The zero-order chi connectivity index (χ0) is 11.1. The Kier molecular flexibility index (Phi) is 2.72. The molecule has 0 radical (unpaired) electrons. The largest absolute Gasteiger partial charge is 0.325 e. The summed E-state index contributed by atoms with van der Waals surface area (Å²) in [6, 6.07) is 0. The van der Waals surface area contributed by atoms with Gasteiger partial charge in [-0.1, -0.05) is 0 Å². The molecule has 1 N–H and O–H groups in total. The van der Waals surface area contributed by atoms with Gasteiger partial charge in [-0.2, -0.15) is 0 Å². The Labute approximate surface area is 89.7 Å². The Balaban J connectivity index is 2.06. The fraction of sp³-hybridized carbons (Fsp3) is 0.889. The van der Waals surface area contributed by atoms with E-state index in [2.05, 4.69) is 5.32 Å². The molecule has 1 amide bonds. The predicted molar refractivity (Wildman–Crippen MR) is 56.0 cm³/mol. The summed E-state index contributed by atoms with van der Waals surface area (Å²) in [5, 5.41) is 2.66. The topological polar surface area (TPSA) is 66.5 Å². The highest BCUT2D eigenvalue weighted by molar-refractivity contribution is 7.92. The van der Waals surface area contributed by atoms with Gasteiger partial charge in [-0.15, -0.1) is 0 Å². The first-order chi connectivity index (χ1) is 7.00. The molecule has 15 heavy (non-hydrogen) atoms. The van der Waals surface area contributed by atoms with E-state index >= 15 is 0 Å². The van der Waals surface area contributed by atoms with Gasteiger partial charge in [-0.25, -0.2) is 8.42 Å². The quantitative estimate of drug-likeness (QED) is 0.686. The molecular weight excluding hydrogens is 216 g/mol. The summed E-state index contributed by atoms with van der Waals surface area (Å²) in [7, 11) is -2.94. The highest BCUT2D eigenvalue weighted by Gasteiger charge is 2.36. The van der Waals surface area contributed by atoms with E-state index in [0.717, 1.165) is 6.42 Å². The van der Waals surface area contributed by atoms with Crippen LogP contribution in [0.4, 0.5) is 0 Å². The highest BCUT2D eigenvalue weighted by Crippen LogP contribution is 2.22. The van der Waals surface area contributed by atoms with Gasteiger partial charge in [0.2, 0.25) is 5.91 Å². The molecule has 0 bridgehead atoms. The maximum Gasteiger partial charge on any atom is 0.237 e. The molecule has 0 aromatic heterocycles. The van der Waals surface area contributed by atoms with Gasteiger partial charge >= 0.3 is 0 Å². The average molecular weight is 232 g/mol. The van der Waals surface area contributed by atoms with Crippen molar-refractivity contribution in [3.8, 4) is 0 Å². The minimum absolute atomic E-state index is 0.00426. The minimum atomic E-state index is -2.94. The Morgan fingerprint density at radius 3 is 2.73 bits per heavy atom. The molecule has 0 saturated carbocycles. The molecule has 2 aliphatic heterocycles. The molecule has 2 rings (SSSR count). The van der Waals surface area contributed by atoms with Crippen molar-refractivity contribution in [1.82, 2.24) is 10.2 Å². The number of rotatable bonds is 2. The lowest BCUT2D eigenvalue weighted by Crippen LogP contribution is -2.41. The van der Waals surface area contributed by atoms with Crippen molar-refractivity contribution in [2.24, 2.45) is 0 Å². The molecule has 5 nitrogen and oxygen atoms in total. The second-order valence-corrected chi connectivity index (χ2v) is 6.63. The normalized spacial score (nSPS) is 35.0. The van der Waals surface area contributed by atoms with Gasteiger partial charge in [0.05, 0.1) is 23.7 Å². The van der Waals surface area contributed by atoms with E-state index in [0.29, 0.717) is 19.5 Å². The Bertz CT molecular complexity index is 366. The molecule has 2 aliphatic rings. The molecule has 2 saturated heterocycles. The van der Waals surface area contributed by atoms with E-state index in [1.807, 2.05) is 6.92 Å². The van der Waals surface area contributed by atoms with Crippen LogP contribution in [0.25, 0.3) is 0 Å². The maximum absolute atomic E-state index is 11.6. The fourth-order valence-corrected chi connectivity index (χ4v) is 4.02. The first-order valence-electron chi connectivity index (χ1n) is 5.25. The highest BCUT2D eigenvalue weighted by atomic mass is 32.2. The molecule has 0 spiro atoms. The van der Waals surface area contributed by atoms with E-state index in [1.165, 1.54) is 0 Å². The molecule has 2 atom stereocenters. The van der Waals surface area contributed by atoms with E-state index < -0.39 is 9.84 Å². The number of carbonyl (C=O) groups is 1. The lowest BCUT2D eigenvalue weighted by molar-refractivity contribution is -0.127. The SMILES string of the molecule is CC1NCC(=O)N1CC1CCCS1(=O)=O. The third-order valence-electron chi connectivity index (χ3n) is 3.20. The Hall–Kier alpha value is -0.620. The summed E-state index contributed by atoms with van der Waals surface area (Å²) in [4.78, 5) is 13.1. The number of carbonyl (C=O) groups excluding carboxylic acids is 1. The van der Waals surface area contributed by atoms with Crippen LogP contribution in [0.3, 0.4) is 0 Å². The van der Waals surface area contributed by atoms with E-state index in [1.54, 1.807) is 4.90 Å². The minimum Gasteiger partial charge on any atom is -0.325 e. The number of amides is 1. The zero-order valence-corrected chi connectivity index (χ0v) is 9.59. The third kappa shape index (κ3) is 2.01. The predicted octanol–water partition coefficient (Wildman–Crippen LogP) is -0.659. The van der Waals surface area contributed by atoms with Crippen LogP contribution < -0.4 is 5.32 Å². The number of nitrogens with zero attached hydrogens (tertiary/aromatic N) is 1. The molecule has 86 valence electrons. The van der Waals surface area contributed by atoms with Gasteiger partial charge in [-0.3, -0.25) is 10.1 Å². The fourth-order valence-electron chi connectivity index (χ4n) is 2.21. The third-order valence-corrected chi connectivity index (χ3v) is 5.46. The second kappa shape index (κ2) is 3.75. The monoisotopic (exact) mass is 232 g/mol. The summed E-state index contributed by atoms with van der Waals surface area (Å²) in [5.74, 6) is 0.284. The van der Waals surface area contributed by atoms with Crippen molar-refractivity contribution in [3.05, 3.63) is 0 Å². The van der Waals surface area contributed by atoms with Crippen LogP contribution in [0.2, 0.25) is 0 Å². The van der Waals surface area contributed by atoms with Crippen LogP contribution >= 0.6 is 0 Å². The van der Waals surface area contributed by atoms with Crippen molar-refractivity contribution >= 4 is 15.7 Å². The number of nitrogens with one attached hydrogen (secondary N) is 1. The maximum atomic E-state index is 11.6. The molecule has 2 fully saturated rings. The average Bonchev–Trinajstić information content (AvgIpc) is 2.63. The number of sulfone groups is 1. The van der Waals surface area contributed by atoms with Crippen LogP contribution in [-0.4, -0.2) is 49.5 Å². The molecule has 0 aromatic rings. The summed E-state index contributed by atoms with van der Waals surface area (Å²) < 4.78 is 23.2. The van der Waals surface area contributed by atoms with Crippen molar-refractivity contribution < 1.29 is 13.2 Å². The van der Waals surface area contributed by atoms with Crippen LogP contribution in [-0.2, 0) is 14.6 Å². The summed E-state index contributed by atoms with van der Waals surface area (Å²) in [6.07, 6.45) is 1.39. The number of hydrogen-bond acceptors (Lipinski definition) is 4. The molecule has 2 unspecified atom stereocenters. The van der Waals surface area contributed by atoms with Crippen molar-refractivity contribution in [3.63, 3.8) is 0 Å². The van der Waals surface area contributed by atoms with Gasteiger partial charge < -0.3 is 4.90 Å². The summed E-state index contributed by atoms with van der Waals surface area (Å²) in [6.45, 7) is 2.57. The molecular formula is C9H16N2O3S. The first-order valence-corrected chi connectivity index (χ1v) is 6.96. The van der Waals surface area contributed by atoms with Gasteiger partial charge in [0.25, 0.3) is 0 Å². The summed E-state index contributed by atoms with van der Waals surface area (Å²) >= 11 is 0. The van der Waals surface area contributed by atoms with Crippen LogP contribution in [0.1, 0.15) is 19.8 Å². The summed E-state index contributed by atoms with van der Waals surface area (Å²) in [5.41, 5.74) is 0. The molecule has 6 heteroatoms. The first kappa shape index (κ1) is 10.9. The van der Waals surface area contributed by atoms with Gasteiger partial charge in [0, 0.05) is 6.54 Å². The van der Waals surface area contributed by atoms with Crippen molar-refractivity contribution in [1.29, 1.82) is 0 Å². The standard InChI is InChI=1S/C9H16N2O3S/c1-7-10-5-9(12)11(7)6-8-3-2-4-15(8,13)14/h7-8,10H,2-6H2,1H3. The Morgan fingerprint density at radius 2 is 2.27 bits per heavy atom. The zero-order valence-electron chi connectivity index (χ0n) is 8.77. The molecule has 2 heterocycles. The van der Waals surface area contributed by atoms with Crippen molar-refractivity contribution in [2.45, 2.75) is 31.2 Å². The van der Waals surface area contributed by atoms with Crippen molar-refractivity contribution in [2.75, 3.05) is 18.8 Å². The molecule has 0 aliphatic carbocycles. The van der Waals surface area contributed by atoms with E-state index in [9.17, 15) is 13.2 Å². The molecule has 0 aromatic carbocycles. The smallest absolute Gasteiger partial charge is 0.237 e. The van der Waals surface area contributed by atoms with Crippen LogP contribution in [0, 0.1) is 0 Å².